The van der Waals surface area contributed by atoms with Gasteiger partial charge in [0.1, 0.15) is 5.75 Å². The van der Waals surface area contributed by atoms with Crippen LogP contribution in [0.3, 0.4) is 0 Å². The van der Waals surface area contributed by atoms with Crippen molar-refractivity contribution in [2.45, 2.75) is 52.7 Å². The summed E-state index contributed by atoms with van der Waals surface area (Å²) in [5.41, 5.74) is 7.98. The smallest absolute Gasteiger partial charge is 0.144 e. The fourth-order valence-corrected chi connectivity index (χ4v) is 2.81. The van der Waals surface area contributed by atoms with Crippen LogP contribution in [0.2, 0.25) is 0 Å². The van der Waals surface area contributed by atoms with E-state index in [-0.39, 0.29) is 5.41 Å². The highest BCUT2D eigenvalue weighted by atomic mass is 16.5. The average Bonchev–Trinajstić information content (AvgIpc) is 2.46. The van der Waals surface area contributed by atoms with Crippen LogP contribution in [-0.2, 0) is 4.74 Å². The van der Waals surface area contributed by atoms with E-state index in [4.69, 9.17) is 15.2 Å². The van der Waals surface area contributed by atoms with Gasteiger partial charge in [0.05, 0.1) is 24.1 Å². The highest BCUT2D eigenvalue weighted by Gasteiger charge is 2.49. The molecule has 118 valence electrons. The zero-order valence-electron chi connectivity index (χ0n) is 13.6. The third-order valence-corrected chi connectivity index (χ3v) is 4.40. The first-order valence-electron chi connectivity index (χ1n) is 7.90. The predicted octanol–water partition coefficient (Wildman–Crippen LogP) is 3.67. The van der Waals surface area contributed by atoms with Crippen molar-refractivity contribution >= 4 is 11.4 Å². The van der Waals surface area contributed by atoms with Gasteiger partial charge in [0.15, 0.2) is 0 Å². The molecule has 0 amide bonds. The summed E-state index contributed by atoms with van der Waals surface area (Å²) < 4.78 is 11.5. The Labute approximate surface area is 128 Å². The molecule has 0 aliphatic heterocycles. The first-order chi connectivity index (χ1) is 10.0. The predicted molar refractivity (Wildman–Crippen MR) is 87.9 cm³/mol. The fourth-order valence-electron chi connectivity index (χ4n) is 2.81. The van der Waals surface area contributed by atoms with Gasteiger partial charge in [0, 0.05) is 18.1 Å². The van der Waals surface area contributed by atoms with Gasteiger partial charge in [0.2, 0.25) is 0 Å². The van der Waals surface area contributed by atoms with Crippen molar-refractivity contribution < 1.29 is 9.47 Å². The maximum absolute atomic E-state index is 6.21. The third kappa shape index (κ3) is 3.26. The quantitative estimate of drug-likeness (QED) is 0.753. The van der Waals surface area contributed by atoms with Crippen LogP contribution >= 0.6 is 0 Å². The lowest BCUT2D eigenvalue weighted by Crippen LogP contribution is -2.58. The number of hydrogen-bond donors (Lipinski definition) is 2. The van der Waals surface area contributed by atoms with Gasteiger partial charge >= 0.3 is 0 Å². The number of nitrogens with two attached hydrogens (primary N) is 1. The van der Waals surface area contributed by atoms with Crippen molar-refractivity contribution in [3.8, 4) is 5.75 Å². The average molecular weight is 292 g/mol. The number of rotatable bonds is 7. The maximum Gasteiger partial charge on any atom is 0.144 e. The van der Waals surface area contributed by atoms with Gasteiger partial charge in [-0.15, -0.1) is 0 Å². The molecular formula is C17H28N2O2. The number of ether oxygens (including phenoxy) is 2. The number of benzene rings is 1. The van der Waals surface area contributed by atoms with Crippen LogP contribution in [0.4, 0.5) is 11.4 Å². The molecule has 1 aliphatic carbocycles. The Morgan fingerprint density at radius 1 is 1.33 bits per heavy atom. The molecule has 3 N–H and O–H groups in total. The van der Waals surface area contributed by atoms with E-state index in [1.807, 2.05) is 25.1 Å². The van der Waals surface area contributed by atoms with Crippen molar-refractivity contribution in [2.75, 3.05) is 24.3 Å². The molecule has 1 fully saturated rings. The van der Waals surface area contributed by atoms with Crippen molar-refractivity contribution in [2.24, 2.45) is 5.41 Å². The number of hydrogen-bond acceptors (Lipinski definition) is 4. The van der Waals surface area contributed by atoms with Gasteiger partial charge in [-0.1, -0.05) is 26.8 Å². The van der Waals surface area contributed by atoms with E-state index in [1.165, 1.54) is 0 Å². The SMILES string of the molecule is CCCOc1cccc(NC2CC(OCC)C2(C)C)c1N. The molecule has 1 aromatic carbocycles. The summed E-state index contributed by atoms with van der Waals surface area (Å²) in [5.74, 6) is 0.764. The minimum atomic E-state index is 0.114. The minimum absolute atomic E-state index is 0.114. The molecule has 0 saturated heterocycles. The van der Waals surface area contributed by atoms with Crippen LogP contribution in [0.5, 0.6) is 5.75 Å². The lowest BCUT2D eigenvalue weighted by Gasteiger charge is -2.52. The van der Waals surface area contributed by atoms with Gasteiger partial charge in [-0.3, -0.25) is 0 Å². The van der Waals surface area contributed by atoms with Crippen molar-refractivity contribution in [1.29, 1.82) is 0 Å². The normalized spacial score (nSPS) is 23.4. The largest absolute Gasteiger partial charge is 0.491 e. The molecule has 0 radical (unpaired) electrons. The molecule has 4 heteroatoms. The van der Waals surface area contributed by atoms with Crippen LogP contribution in [0.1, 0.15) is 40.5 Å². The molecule has 1 aromatic rings. The minimum Gasteiger partial charge on any atom is -0.491 e. The van der Waals surface area contributed by atoms with Crippen LogP contribution in [-0.4, -0.2) is 25.4 Å². The first kappa shape index (κ1) is 16.0. The molecular weight excluding hydrogens is 264 g/mol. The summed E-state index contributed by atoms with van der Waals surface area (Å²) in [6.07, 6.45) is 2.31. The molecule has 2 atom stereocenters. The van der Waals surface area contributed by atoms with Crippen LogP contribution in [0.25, 0.3) is 0 Å². The van der Waals surface area contributed by atoms with E-state index in [2.05, 4.69) is 26.1 Å². The monoisotopic (exact) mass is 292 g/mol. The summed E-state index contributed by atoms with van der Waals surface area (Å²) in [6.45, 7) is 10.1. The van der Waals surface area contributed by atoms with Crippen molar-refractivity contribution in [1.82, 2.24) is 0 Å². The Bertz CT molecular complexity index is 474. The highest BCUT2D eigenvalue weighted by Crippen LogP contribution is 2.45. The van der Waals surface area contributed by atoms with Gasteiger partial charge < -0.3 is 20.5 Å². The summed E-state index contributed by atoms with van der Waals surface area (Å²) >= 11 is 0. The first-order valence-corrected chi connectivity index (χ1v) is 7.90. The molecule has 21 heavy (non-hydrogen) atoms. The van der Waals surface area contributed by atoms with E-state index in [0.29, 0.717) is 24.4 Å². The number of nitrogen functional groups attached to an aromatic ring is 1. The molecule has 4 nitrogen and oxygen atoms in total. The van der Waals surface area contributed by atoms with Crippen LogP contribution in [0.15, 0.2) is 18.2 Å². The zero-order valence-corrected chi connectivity index (χ0v) is 13.6. The highest BCUT2D eigenvalue weighted by molar-refractivity contribution is 5.73. The Morgan fingerprint density at radius 2 is 2.10 bits per heavy atom. The Hall–Kier alpha value is -1.42. The standard InChI is InChI=1S/C17H28N2O2/c1-5-10-21-13-9-7-8-12(16(13)18)19-14-11-15(20-6-2)17(14,3)4/h7-9,14-15,19H,5-6,10-11,18H2,1-4H3. The number of anilines is 2. The molecule has 0 heterocycles. The number of nitrogens with one attached hydrogen (secondary N) is 1. The number of para-hydroxylation sites is 1. The van der Waals surface area contributed by atoms with E-state index >= 15 is 0 Å². The summed E-state index contributed by atoms with van der Waals surface area (Å²) in [7, 11) is 0. The summed E-state index contributed by atoms with van der Waals surface area (Å²) in [5, 5.41) is 3.56. The van der Waals surface area contributed by atoms with Gasteiger partial charge in [0.25, 0.3) is 0 Å². The second-order valence-corrected chi connectivity index (χ2v) is 6.26. The van der Waals surface area contributed by atoms with E-state index in [0.717, 1.165) is 30.9 Å². The summed E-state index contributed by atoms with van der Waals surface area (Å²) in [4.78, 5) is 0. The maximum atomic E-state index is 6.21. The molecule has 0 spiro atoms. The van der Waals surface area contributed by atoms with Crippen molar-refractivity contribution in [3.05, 3.63) is 18.2 Å². The Kier molecular flexibility index (Phi) is 4.99. The van der Waals surface area contributed by atoms with E-state index in [9.17, 15) is 0 Å². The Morgan fingerprint density at radius 3 is 2.71 bits per heavy atom. The van der Waals surface area contributed by atoms with Crippen molar-refractivity contribution in [3.63, 3.8) is 0 Å². The van der Waals surface area contributed by atoms with Gasteiger partial charge in [-0.05, 0) is 31.9 Å². The van der Waals surface area contributed by atoms with Crippen LogP contribution in [0, 0.1) is 5.41 Å². The summed E-state index contributed by atoms with van der Waals surface area (Å²) in [6, 6.07) is 6.29. The molecule has 2 rings (SSSR count). The van der Waals surface area contributed by atoms with Crippen LogP contribution < -0.4 is 15.8 Å². The van der Waals surface area contributed by atoms with E-state index < -0.39 is 0 Å². The Balaban J connectivity index is 2.04. The lowest BCUT2D eigenvalue weighted by molar-refractivity contribution is -0.0975. The third-order valence-electron chi connectivity index (χ3n) is 4.40. The zero-order chi connectivity index (χ0) is 15.5. The molecule has 0 aromatic heterocycles. The second-order valence-electron chi connectivity index (χ2n) is 6.26. The molecule has 2 unspecified atom stereocenters. The molecule has 1 saturated carbocycles. The topological polar surface area (TPSA) is 56.5 Å². The van der Waals surface area contributed by atoms with Gasteiger partial charge in [-0.2, -0.15) is 0 Å². The fraction of sp³-hybridized carbons (Fsp3) is 0.647. The second kappa shape index (κ2) is 6.56. The molecule has 1 aliphatic rings. The van der Waals surface area contributed by atoms with E-state index in [1.54, 1.807) is 0 Å². The van der Waals surface area contributed by atoms with Gasteiger partial charge in [-0.25, -0.2) is 0 Å². The lowest BCUT2D eigenvalue weighted by atomic mass is 9.64. The molecule has 0 bridgehead atoms.